The van der Waals surface area contributed by atoms with Crippen molar-refractivity contribution in [2.75, 3.05) is 49.6 Å². The van der Waals surface area contributed by atoms with Crippen LogP contribution in [0.15, 0.2) is 42.6 Å². The van der Waals surface area contributed by atoms with Gasteiger partial charge < -0.3 is 24.2 Å². The summed E-state index contributed by atoms with van der Waals surface area (Å²) < 4.78 is 46.9. The SMILES string of the molecule is CN1CCN(c2ncccc2OC2CCN(c3ccc(OC(F)(F)F)cc3)C2=O)CC1. The van der Waals surface area contributed by atoms with Gasteiger partial charge in [0, 0.05) is 51.0 Å². The molecule has 1 aromatic heterocycles. The lowest BCUT2D eigenvalue weighted by molar-refractivity contribution is -0.274. The van der Waals surface area contributed by atoms with Crippen molar-refractivity contribution >= 4 is 17.4 Å². The Balaban J connectivity index is 1.43. The number of amides is 1. The lowest BCUT2D eigenvalue weighted by Crippen LogP contribution is -2.45. The molecule has 7 nitrogen and oxygen atoms in total. The molecule has 1 amide bonds. The van der Waals surface area contributed by atoms with E-state index in [9.17, 15) is 18.0 Å². The van der Waals surface area contributed by atoms with Crippen LogP contribution in [0.3, 0.4) is 0 Å². The topological polar surface area (TPSA) is 58.1 Å². The fraction of sp³-hybridized carbons (Fsp3) is 0.429. The molecule has 0 saturated carbocycles. The van der Waals surface area contributed by atoms with Crippen molar-refractivity contribution in [1.29, 1.82) is 0 Å². The molecule has 10 heteroatoms. The molecular weight excluding hydrogens is 413 g/mol. The van der Waals surface area contributed by atoms with Gasteiger partial charge in [-0.15, -0.1) is 13.2 Å². The van der Waals surface area contributed by atoms with Crippen LogP contribution >= 0.6 is 0 Å². The third kappa shape index (κ3) is 5.01. The van der Waals surface area contributed by atoms with Gasteiger partial charge in [0.05, 0.1) is 0 Å². The molecule has 0 spiro atoms. The van der Waals surface area contributed by atoms with Gasteiger partial charge in [-0.25, -0.2) is 4.98 Å². The van der Waals surface area contributed by atoms with E-state index in [1.807, 2.05) is 0 Å². The van der Waals surface area contributed by atoms with Crippen LogP contribution < -0.4 is 19.3 Å². The number of pyridine rings is 1. The minimum Gasteiger partial charge on any atom is -0.477 e. The maximum Gasteiger partial charge on any atom is 0.573 e. The average molecular weight is 436 g/mol. The number of ether oxygens (including phenoxy) is 2. The maximum atomic E-state index is 12.9. The van der Waals surface area contributed by atoms with Gasteiger partial charge in [0.2, 0.25) is 0 Å². The quantitative estimate of drug-likeness (QED) is 0.719. The minimum atomic E-state index is -4.75. The van der Waals surface area contributed by atoms with Gasteiger partial charge >= 0.3 is 6.36 Å². The monoisotopic (exact) mass is 436 g/mol. The highest BCUT2D eigenvalue weighted by Gasteiger charge is 2.36. The van der Waals surface area contributed by atoms with E-state index in [-0.39, 0.29) is 11.7 Å². The van der Waals surface area contributed by atoms with Crippen LogP contribution in [0.1, 0.15) is 6.42 Å². The smallest absolute Gasteiger partial charge is 0.477 e. The Morgan fingerprint density at radius 3 is 2.42 bits per heavy atom. The lowest BCUT2D eigenvalue weighted by Gasteiger charge is -2.34. The number of nitrogens with zero attached hydrogens (tertiary/aromatic N) is 4. The van der Waals surface area contributed by atoms with E-state index in [1.54, 1.807) is 18.3 Å². The highest BCUT2D eigenvalue weighted by atomic mass is 19.4. The van der Waals surface area contributed by atoms with E-state index in [0.29, 0.717) is 24.4 Å². The summed E-state index contributed by atoms with van der Waals surface area (Å²) in [5, 5.41) is 0. The molecule has 0 N–H and O–H groups in total. The molecule has 1 unspecified atom stereocenters. The van der Waals surface area contributed by atoms with E-state index in [2.05, 4.69) is 26.6 Å². The van der Waals surface area contributed by atoms with E-state index >= 15 is 0 Å². The molecule has 166 valence electrons. The summed E-state index contributed by atoms with van der Waals surface area (Å²) in [5.41, 5.74) is 0.496. The number of carbonyl (C=O) groups is 1. The first-order chi connectivity index (χ1) is 14.8. The highest BCUT2D eigenvalue weighted by Crippen LogP contribution is 2.31. The number of piperazine rings is 1. The van der Waals surface area contributed by atoms with E-state index in [4.69, 9.17) is 4.74 Å². The third-order valence-electron chi connectivity index (χ3n) is 5.36. The highest BCUT2D eigenvalue weighted by molar-refractivity contribution is 5.99. The van der Waals surface area contributed by atoms with Gasteiger partial charge in [-0.3, -0.25) is 4.79 Å². The number of benzene rings is 1. The Bertz CT molecular complexity index is 915. The second kappa shape index (κ2) is 8.62. The summed E-state index contributed by atoms with van der Waals surface area (Å²) in [7, 11) is 2.07. The molecule has 0 aliphatic carbocycles. The number of hydrogen-bond acceptors (Lipinski definition) is 6. The van der Waals surface area contributed by atoms with Crippen LogP contribution in [0.25, 0.3) is 0 Å². The Morgan fingerprint density at radius 2 is 1.74 bits per heavy atom. The van der Waals surface area contributed by atoms with Gasteiger partial charge in [-0.2, -0.15) is 0 Å². The fourth-order valence-corrected chi connectivity index (χ4v) is 3.73. The maximum absolute atomic E-state index is 12.9. The summed E-state index contributed by atoms with van der Waals surface area (Å²) in [4.78, 5) is 23.3. The first kappa shape index (κ1) is 21.2. The Labute approximate surface area is 178 Å². The predicted molar refractivity (Wildman–Crippen MR) is 108 cm³/mol. The first-order valence-electron chi connectivity index (χ1n) is 10.0. The van der Waals surface area contributed by atoms with Crippen LogP contribution in [0, 0.1) is 0 Å². The number of alkyl halides is 3. The van der Waals surface area contributed by atoms with Gasteiger partial charge in [-0.05, 0) is 43.4 Å². The third-order valence-corrected chi connectivity index (χ3v) is 5.36. The second-order valence-corrected chi connectivity index (χ2v) is 7.54. The molecule has 2 aromatic rings. The fourth-order valence-electron chi connectivity index (χ4n) is 3.73. The van der Waals surface area contributed by atoms with E-state index in [1.165, 1.54) is 29.2 Å². The zero-order valence-electron chi connectivity index (χ0n) is 17.0. The Morgan fingerprint density at radius 1 is 1.03 bits per heavy atom. The Hall–Kier alpha value is -3.01. The molecule has 4 rings (SSSR count). The zero-order chi connectivity index (χ0) is 22.0. The van der Waals surface area contributed by atoms with Crippen molar-refractivity contribution in [3.05, 3.63) is 42.6 Å². The van der Waals surface area contributed by atoms with Gasteiger partial charge in [0.25, 0.3) is 5.91 Å². The molecule has 3 heterocycles. The normalized spacial score (nSPS) is 20.3. The van der Waals surface area contributed by atoms with E-state index < -0.39 is 12.5 Å². The van der Waals surface area contributed by atoms with Crippen LogP contribution in [0.2, 0.25) is 0 Å². The van der Waals surface area contributed by atoms with Gasteiger partial charge in [0.15, 0.2) is 17.7 Å². The van der Waals surface area contributed by atoms with Crippen molar-refractivity contribution < 1.29 is 27.4 Å². The van der Waals surface area contributed by atoms with Crippen molar-refractivity contribution in [3.8, 4) is 11.5 Å². The van der Waals surface area contributed by atoms with Crippen LogP contribution in [-0.2, 0) is 4.79 Å². The molecule has 2 aliphatic heterocycles. The Kier molecular flexibility index (Phi) is 5.90. The summed E-state index contributed by atoms with van der Waals surface area (Å²) in [6.07, 6.45) is -3.26. The summed E-state index contributed by atoms with van der Waals surface area (Å²) in [5.74, 6) is 0.706. The van der Waals surface area contributed by atoms with Gasteiger partial charge in [-0.1, -0.05) is 0 Å². The molecule has 1 aromatic carbocycles. The van der Waals surface area contributed by atoms with Crippen molar-refractivity contribution in [2.45, 2.75) is 18.9 Å². The first-order valence-corrected chi connectivity index (χ1v) is 10.0. The number of hydrogen-bond donors (Lipinski definition) is 0. The molecule has 31 heavy (non-hydrogen) atoms. The molecule has 2 fully saturated rings. The zero-order valence-corrected chi connectivity index (χ0v) is 17.0. The van der Waals surface area contributed by atoms with Gasteiger partial charge in [0.1, 0.15) is 5.75 Å². The molecule has 0 bridgehead atoms. The largest absolute Gasteiger partial charge is 0.573 e. The number of aromatic nitrogens is 1. The van der Waals surface area contributed by atoms with Crippen molar-refractivity contribution in [3.63, 3.8) is 0 Å². The predicted octanol–water partition coefficient (Wildman–Crippen LogP) is 2.92. The lowest BCUT2D eigenvalue weighted by atomic mass is 10.2. The summed E-state index contributed by atoms with van der Waals surface area (Å²) in [6.45, 7) is 3.88. The van der Waals surface area contributed by atoms with Crippen LogP contribution in [0.5, 0.6) is 11.5 Å². The minimum absolute atomic E-state index is 0.238. The average Bonchev–Trinajstić information content (AvgIpc) is 3.09. The molecule has 2 aliphatic rings. The van der Waals surface area contributed by atoms with Crippen molar-refractivity contribution in [1.82, 2.24) is 9.88 Å². The number of rotatable bonds is 5. The molecule has 1 atom stereocenters. The number of carbonyl (C=O) groups excluding carboxylic acids is 1. The number of halogens is 3. The molecule has 0 radical (unpaired) electrons. The molecular formula is C21H23F3N4O3. The summed E-state index contributed by atoms with van der Waals surface area (Å²) >= 11 is 0. The van der Waals surface area contributed by atoms with E-state index in [0.717, 1.165) is 32.0 Å². The standard InChI is InChI=1S/C21H23F3N4O3/c1-26-11-13-27(14-12-26)19-17(3-2-9-25-19)30-18-8-10-28(20(18)29)15-4-6-16(7-5-15)31-21(22,23)24/h2-7,9,18H,8,10-14H2,1H3. The second-order valence-electron chi connectivity index (χ2n) is 7.54. The summed E-state index contributed by atoms with van der Waals surface area (Å²) in [6, 6.07) is 8.82. The number of anilines is 2. The van der Waals surface area contributed by atoms with Crippen LogP contribution in [-0.4, -0.2) is 68.0 Å². The van der Waals surface area contributed by atoms with Crippen molar-refractivity contribution in [2.24, 2.45) is 0 Å². The molecule has 2 saturated heterocycles. The number of likely N-dealkylation sites (N-methyl/N-ethyl adjacent to an activating group) is 1. The van der Waals surface area contributed by atoms with Crippen LogP contribution in [0.4, 0.5) is 24.7 Å².